The number of hydrogen-bond acceptors (Lipinski definition) is 11. The van der Waals surface area contributed by atoms with Gasteiger partial charge >= 0.3 is 0 Å². The number of benzene rings is 6. The molecule has 0 bridgehead atoms. The molecule has 0 aliphatic carbocycles. The van der Waals surface area contributed by atoms with Gasteiger partial charge in [0.2, 0.25) is 9.84 Å². The Kier molecular flexibility index (Phi) is 13.2. The molecule has 0 atom stereocenters. The van der Waals surface area contributed by atoms with Gasteiger partial charge in [0.25, 0.3) is 20.2 Å². The molecule has 0 unspecified atom stereocenters. The number of ether oxygens (including phenoxy) is 4. The molecule has 1 N–H and O–H groups in total. The molecule has 0 aliphatic heterocycles. The predicted molar refractivity (Wildman–Crippen MR) is 243 cm³/mol. The van der Waals surface area contributed by atoms with Crippen LogP contribution < -0.4 is 18.9 Å². The van der Waals surface area contributed by atoms with E-state index >= 15 is 0 Å². The maximum absolute atomic E-state index is 14.3. The van der Waals surface area contributed by atoms with Crippen molar-refractivity contribution in [2.75, 3.05) is 21.3 Å². The SMILES string of the molecule is COc1c(C)cc(-c2cc(C)c(Oc3ccc(S(=O)(=O)c4ccc(Oc5c(C)cc(-c6cc(C)c(OC)c(C)c6)cc5C)c(S(=O)(=O)OC)c4)cc3CS(=O)(=O)O)c(C)c2)cc1C. The van der Waals surface area contributed by atoms with Crippen LogP contribution >= 0.6 is 0 Å². The Morgan fingerprint density at radius 2 is 0.778 bits per heavy atom. The summed E-state index contributed by atoms with van der Waals surface area (Å²) in [5, 5.41) is 0. The van der Waals surface area contributed by atoms with Crippen LogP contribution in [0.15, 0.2) is 99.6 Å². The summed E-state index contributed by atoms with van der Waals surface area (Å²) in [5.41, 5.74) is 10.2. The van der Waals surface area contributed by atoms with Crippen molar-refractivity contribution in [3.05, 3.63) is 135 Å². The molecule has 0 radical (unpaired) electrons. The maximum Gasteiger partial charge on any atom is 0.300 e. The molecule has 0 saturated carbocycles. The van der Waals surface area contributed by atoms with Crippen LogP contribution in [0.4, 0.5) is 0 Å². The minimum atomic E-state index is -4.70. The Labute approximate surface area is 370 Å². The Balaban J connectivity index is 1.36. The fraction of sp³-hybridized carbons (Fsp3) is 0.250. The molecular weight excluding hydrogens is 865 g/mol. The predicted octanol–water partition coefficient (Wildman–Crippen LogP) is 10.6. The molecule has 12 nitrogen and oxygen atoms in total. The first-order valence-electron chi connectivity index (χ1n) is 19.6. The first kappa shape index (κ1) is 46.8. The van der Waals surface area contributed by atoms with E-state index in [9.17, 15) is 29.8 Å². The summed E-state index contributed by atoms with van der Waals surface area (Å²) >= 11 is 0. The van der Waals surface area contributed by atoms with Crippen LogP contribution in [0.5, 0.6) is 34.5 Å². The summed E-state index contributed by atoms with van der Waals surface area (Å²) in [6.45, 7) is 15.1. The van der Waals surface area contributed by atoms with Gasteiger partial charge in [-0.15, -0.1) is 0 Å². The third-order valence-electron chi connectivity index (χ3n) is 10.7. The van der Waals surface area contributed by atoms with Gasteiger partial charge in [0.15, 0.2) is 0 Å². The van der Waals surface area contributed by atoms with Crippen LogP contribution in [0.3, 0.4) is 0 Å². The lowest BCUT2D eigenvalue weighted by molar-refractivity contribution is 0.390. The van der Waals surface area contributed by atoms with Crippen molar-refractivity contribution in [1.82, 2.24) is 0 Å². The van der Waals surface area contributed by atoms with Crippen molar-refractivity contribution in [2.24, 2.45) is 0 Å². The van der Waals surface area contributed by atoms with E-state index in [0.717, 1.165) is 75.2 Å². The van der Waals surface area contributed by atoms with Crippen LogP contribution in [0, 0.1) is 55.4 Å². The highest BCUT2D eigenvalue weighted by Crippen LogP contribution is 2.41. The molecule has 6 aromatic rings. The Morgan fingerprint density at radius 1 is 0.444 bits per heavy atom. The van der Waals surface area contributed by atoms with Gasteiger partial charge in [-0.05, 0) is 207 Å². The standard InChI is InChI=1S/C48H50O12S3/c1-27-16-35(17-28(2)45(27)56-9)37-20-31(5)47(32(6)21-37)59-42-14-12-40(24-39(42)26-61(49,50)51)62(52,53)41-13-15-43(44(25-41)63(54,55)58-11)60-48-33(7)22-38(23-34(48)8)36-18-29(3)46(57-10)30(4)19-36/h12-25H,26H2,1-11H3,(H,49,50,51). The third-order valence-corrected chi connectivity index (χ3v) is 14.5. The average Bonchev–Trinajstić information content (AvgIpc) is 3.20. The van der Waals surface area contributed by atoms with Crippen molar-refractivity contribution in [2.45, 2.75) is 75.8 Å². The molecule has 63 heavy (non-hydrogen) atoms. The summed E-state index contributed by atoms with van der Waals surface area (Å²) in [6, 6.07) is 22.7. The summed E-state index contributed by atoms with van der Waals surface area (Å²) < 4.78 is 118. The largest absolute Gasteiger partial charge is 0.496 e. The smallest absolute Gasteiger partial charge is 0.300 e. The lowest BCUT2D eigenvalue weighted by atomic mass is 9.96. The second kappa shape index (κ2) is 17.8. The molecule has 6 aromatic carbocycles. The van der Waals surface area contributed by atoms with Gasteiger partial charge in [-0.2, -0.15) is 16.8 Å². The molecule has 15 heteroatoms. The van der Waals surface area contributed by atoms with E-state index in [4.69, 9.17) is 23.1 Å². The first-order valence-corrected chi connectivity index (χ1v) is 24.1. The fourth-order valence-corrected chi connectivity index (χ4v) is 10.8. The van der Waals surface area contributed by atoms with Crippen molar-refractivity contribution in [1.29, 1.82) is 0 Å². The van der Waals surface area contributed by atoms with Gasteiger partial charge in [-0.3, -0.25) is 8.74 Å². The first-order chi connectivity index (χ1) is 29.5. The Hall–Kier alpha value is -5.71. The molecule has 6 rings (SSSR count). The second-order valence-corrected chi connectivity index (χ2v) is 20.7. The molecular formula is C48H50O12S3. The van der Waals surface area contributed by atoms with E-state index in [0.29, 0.717) is 33.8 Å². The van der Waals surface area contributed by atoms with E-state index in [-0.39, 0.29) is 22.0 Å². The summed E-state index contributed by atoms with van der Waals surface area (Å²) in [7, 11) is -9.60. The second-order valence-electron chi connectivity index (χ2n) is 15.6. The number of rotatable bonds is 14. The van der Waals surface area contributed by atoms with Crippen molar-refractivity contribution in [3.8, 4) is 56.8 Å². The minimum absolute atomic E-state index is 0.0120. The van der Waals surface area contributed by atoms with Crippen LogP contribution in [-0.2, 0) is 40.0 Å². The van der Waals surface area contributed by atoms with Gasteiger partial charge in [-0.25, -0.2) is 8.42 Å². The number of sulfone groups is 1. The molecule has 0 aromatic heterocycles. The topological polar surface area (TPSA) is 169 Å². The van der Waals surface area contributed by atoms with E-state index in [2.05, 4.69) is 0 Å². The maximum atomic E-state index is 14.3. The van der Waals surface area contributed by atoms with Gasteiger partial charge in [0, 0.05) is 5.56 Å². The zero-order valence-corrected chi connectivity index (χ0v) is 39.4. The van der Waals surface area contributed by atoms with Crippen LogP contribution in [-0.4, -0.2) is 51.1 Å². The van der Waals surface area contributed by atoms with Gasteiger partial charge < -0.3 is 18.9 Å². The van der Waals surface area contributed by atoms with E-state index < -0.39 is 45.6 Å². The van der Waals surface area contributed by atoms with Crippen LogP contribution in [0.25, 0.3) is 22.3 Å². The monoisotopic (exact) mass is 914 g/mol. The fourth-order valence-electron chi connectivity index (χ4n) is 7.95. The van der Waals surface area contributed by atoms with E-state index in [1.54, 1.807) is 14.2 Å². The third kappa shape index (κ3) is 9.77. The van der Waals surface area contributed by atoms with E-state index in [1.807, 2.05) is 104 Å². The molecule has 0 amide bonds. The number of aryl methyl sites for hydroxylation is 8. The zero-order valence-electron chi connectivity index (χ0n) is 37.0. The number of methoxy groups -OCH3 is 2. The minimum Gasteiger partial charge on any atom is -0.496 e. The zero-order chi connectivity index (χ0) is 46.3. The van der Waals surface area contributed by atoms with Crippen LogP contribution in [0.1, 0.15) is 50.1 Å². The average molecular weight is 915 g/mol. The van der Waals surface area contributed by atoms with Crippen molar-refractivity contribution in [3.63, 3.8) is 0 Å². The highest BCUT2D eigenvalue weighted by atomic mass is 32.2. The van der Waals surface area contributed by atoms with Crippen molar-refractivity contribution >= 4 is 30.1 Å². The van der Waals surface area contributed by atoms with Gasteiger partial charge in [0.05, 0.1) is 31.1 Å². The molecule has 0 aliphatic rings. The summed E-state index contributed by atoms with van der Waals surface area (Å²) in [5.74, 6) is 1.20. The highest BCUT2D eigenvalue weighted by Gasteiger charge is 2.28. The molecule has 0 saturated heterocycles. The lowest BCUT2D eigenvalue weighted by Gasteiger charge is -2.18. The summed E-state index contributed by atoms with van der Waals surface area (Å²) in [6.07, 6.45) is 0. The summed E-state index contributed by atoms with van der Waals surface area (Å²) in [4.78, 5) is -1.39. The molecule has 0 heterocycles. The van der Waals surface area contributed by atoms with Crippen LogP contribution in [0.2, 0.25) is 0 Å². The number of hydrogen-bond donors (Lipinski definition) is 1. The van der Waals surface area contributed by atoms with Crippen molar-refractivity contribution < 1.29 is 52.9 Å². The normalized spacial score (nSPS) is 12.0. The Morgan fingerprint density at radius 3 is 1.13 bits per heavy atom. The molecule has 0 fully saturated rings. The lowest BCUT2D eigenvalue weighted by Crippen LogP contribution is -2.10. The molecule has 332 valence electrons. The molecule has 0 spiro atoms. The highest BCUT2D eigenvalue weighted by molar-refractivity contribution is 7.91. The van der Waals surface area contributed by atoms with Gasteiger partial charge in [-0.1, -0.05) is 0 Å². The Bertz CT molecular complexity index is 3040. The van der Waals surface area contributed by atoms with Gasteiger partial charge in [0.1, 0.15) is 45.1 Å². The quantitative estimate of drug-likeness (QED) is 0.0812. The van der Waals surface area contributed by atoms with E-state index in [1.165, 1.54) is 24.3 Å².